The molecule has 0 aliphatic carbocycles. The number of hydrogen-bond donors (Lipinski definition) is 1. The molecule has 2 heterocycles. The molecule has 5 aromatic carbocycles. The van der Waals surface area contributed by atoms with Gasteiger partial charge in [0.1, 0.15) is 17.2 Å². The second-order valence-corrected chi connectivity index (χ2v) is 19.1. The number of thioether (sulfide) groups is 1. The van der Waals surface area contributed by atoms with Crippen LogP contribution in [0.1, 0.15) is 108 Å². The Kier molecular flexibility index (Phi) is 14.0. The first-order valence-corrected chi connectivity index (χ1v) is 23.1. The van der Waals surface area contributed by atoms with Gasteiger partial charge in [0.15, 0.2) is 6.10 Å². The Labute approximate surface area is 385 Å². The van der Waals surface area contributed by atoms with E-state index in [1.807, 2.05) is 87.5 Å². The van der Waals surface area contributed by atoms with Crippen molar-refractivity contribution in [3.05, 3.63) is 148 Å². The van der Waals surface area contributed by atoms with E-state index < -0.39 is 18.1 Å². The molecule has 2 amide bonds. The molecule has 64 heavy (non-hydrogen) atoms. The average molecular weight is 899 g/mol. The highest BCUT2D eigenvalue weighted by Crippen LogP contribution is 2.42. The molecule has 1 N–H and O–H groups in total. The summed E-state index contributed by atoms with van der Waals surface area (Å²) in [5, 5.41) is 22.8. The van der Waals surface area contributed by atoms with Crippen LogP contribution in [0.15, 0.2) is 126 Å². The molecule has 0 bridgehead atoms. The van der Waals surface area contributed by atoms with Crippen LogP contribution in [0.2, 0.25) is 5.02 Å². The number of tetrazole rings is 1. The number of carbonyl (C=O) groups is 2. The van der Waals surface area contributed by atoms with E-state index >= 15 is 0 Å². The number of para-hydroxylation sites is 3. The van der Waals surface area contributed by atoms with E-state index in [-0.39, 0.29) is 22.0 Å². The van der Waals surface area contributed by atoms with E-state index in [9.17, 15) is 9.59 Å². The molecule has 3 atom stereocenters. The minimum atomic E-state index is -1.15. The lowest BCUT2D eigenvalue weighted by molar-refractivity contribution is -0.123. The molecule has 0 fully saturated rings. The number of nitrogens with zero attached hydrogens (tertiary/aromatic N) is 6. The molecular weight excluding hydrogens is 842 g/mol. The highest BCUT2D eigenvalue weighted by Gasteiger charge is 2.41. The van der Waals surface area contributed by atoms with Gasteiger partial charge in [-0.05, 0) is 108 Å². The van der Waals surface area contributed by atoms with Crippen molar-refractivity contribution in [1.82, 2.24) is 20.2 Å². The Balaban J connectivity index is 1.18. The van der Waals surface area contributed by atoms with E-state index in [0.29, 0.717) is 50.7 Å². The van der Waals surface area contributed by atoms with Gasteiger partial charge in [0.25, 0.3) is 11.8 Å². The van der Waals surface area contributed by atoms with Gasteiger partial charge < -0.3 is 14.8 Å². The van der Waals surface area contributed by atoms with Crippen LogP contribution in [0.4, 0.5) is 11.4 Å². The molecule has 7 rings (SSSR count). The fourth-order valence-electron chi connectivity index (χ4n) is 7.40. The number of anilines is 2. The third-order valence-electron chi connectivity index (χ3n) is 12.2. The number of ether oxygens (including phenoxy) is 2. The summed E-state index contributed by atoms with van der Waals surface area (Å²) in [4.78, 5) is 29.0. The molecule has 11 nitrogen and oxygen atoms in total. The molecule has 6 aromatic rings. The number of hydrazone groups is 1. The molecular formula is C51H56ClN7O4S. The quantitative estimate of drug-likeness (QED) is 0.0898. The van der Waals surface area contributed by atoms with Crippen LogP contribution in [-0.2, 0) is 20.4 Å². The van der Waals surface area contributed by atoms with Gasteiger partial charge in [-0.25, -0.2) is 0 Å². The number of rotatable bonds is 17. The van der Waals surface area contributed by atoms with Crippen molar-refractivity contribution in [2.45, 2.75) is 115 Å². The lowest BCUT2D eigenvalue weighted by Crippen LogP contribution is -2.38. The molecule has 1 aliphatic rings. The average Bonchev–Trinajstić information content (AvgIpc) is 3.90. The first kappa shape index (κ1) is 46.0. The van der Waals surface area contributed by atoms with Gasteiger partial charge in [-0.15, -0.1) is 5.10 Å². The van der Waals surface area contributed by atoms with Crippen molar-refractivity contribution in [2.24, 2.45) is 5.10 Å². The first-order valence-electron chi connectivity index (χ1n) is 21.8. The monoisotopic (exact) mass is 897 g/mol. The van der Waals surface area contributed by atoms with Crippen LogP contribution < -0.4 is 19.8 Å². The largest absolute Gasteiger partial charge is 0.480 e. The highest BCUT2D eigenvalue weighted by molar-refractivity contribution is 7.99. The van der Waals surface area contributed by atoms with Crippen molar-refractivity contribution < 1.29 is 19.1 Å². The SMILES string of the molecule is CCC(Oc1ccc(C(C)(C)CC)cc1C(C)(C)CC)C(=O)Nc1ccccc1N1N=C(c2ccc(Cl)cc2)C(Oc2ccc(C)cc2C(C)Sc2nnnn2-c2ccccc2)C1=O. The van der Waals surface area contributed by atoms with E-state index in [1.165, 1.54) is 22.3 Å². The summed E-state index contributed by atoms with van der Waals surface area (Å²) in [6.07, 6.45) is 0.325. The fraction of sp³-hybridized carbons (Fsp3) is 0.333. The van der Waals surface area contributed by atoms with Gasteiger partial charge in [0.05, 0.1) is 17.1 Å². The van der Waals surface area contributed by atoms with E-state index in [4.69, 9.17) is 26.2 Å². The normalized spacial score (nSPS) is 15.2. The van der Waals surface area contributed by atoms with Gasteiger partial charge in [0.2, 0.25) is 11.3 Å². The van der Waals surface area contributed by atoms with Crippen LogP contribution >= 0.6 is 23.4 Å². The number of aryl methyl sites for hydroxylation is 1. The van der Waals surface area contributed by atoms with E-state index in [2.05, 4.69) is 74.5 Å². The molecule has 0 saturated heterocycles. The second kappa shape index (κ2) is 19.4. The van der Waals surface area contributed by atoms with Crippen molar-refractivity contribution in [3.63, 3.8) is 0 Å². The van der Waals surface area contributed by atoms with Gasteiger partial charge in [-0.3, -0.25) is 9.59 Å². The standard InChI is InChI=1S/C51H56ClN7O4S/c1-10-42(62-44-29-25-35(50(6,7)11-2)31-39(44)51(8,9)12-3)47(60)53-40-20-16-17-21-41(40)59-48(61)46(45(55-59)34-23-26-36(52)27-24-34)63-43-28-22-32(4)30-38(43)33(5)64-49-54-56-57-58(49)37-18-14-13-15-19-37/h13-31,33,42,46H,10-12H2,1-9H3,(H,53,60). The van der Waals surface area contributed by atoms with Crippen molar-refractivity contribution in [2.75, 3.05) is 10.3 Å². The molecule has 3 unspecified atom stereocenters. The highest BCUT2D eigenvalue weighted by atomic mass is 35.5. The fourth-order valence-corrected chi connectivity index (χ4v) is 8.48. The van der Waals surface area contributed by atoms with Crippen LogP contribution in [0.3, 0.4) is 0 Å². The summed E-state index contributed by atoms with van der Waals surface area (Å²) in [6, 6.07) is 36.2. The van der Waals surface area contributed by atoms with Crippen LogP contribution in [0.5, 0.6) is 11.5 Å². The third-order valence-corrected chi connectivity index (χ3v) is 13.5. The molecule has 332 valence electrons. The lowest BCUT2D eigenvalue weighted by atomic mass is 9.76. The number of benzene rings is 5. The number of aromatic nitrogens is 4. The lowest BCUT2D eigenvalue weighted by Gasteiger charge is -2.31. The Bertz CT molecular complexity index is 2650. The third kappa shape index (κ3) is 9.88. The number of amides is 2. The zero-order valence-corrected chi connectivity index (χ0v) is 39.5. The van der Waals surface area contributed by atoms with Gasteiger partial charge in [-0.2, -0.15) is 14.8 Å². The minimum absolute atomic E-state index is 0.0149. The molecule has 0 spiro atoms. The predicted molar refractivity (Wildman–Crippen MR) is 257 cm³/mol. The minimum Gasteiger partial charge on any atom is -0.480 e. The van der Waals surface area contributed by atoms with Gasteiger partial charge in [-0.1, -0.05) is 144 Å². The molecule has 0 saturated carbocycles. The summed E-state index contributed by atoms with van der Waals surface area (Å²) in [5.41, 5.74) is 6.62. The smallest absolute Gasteiger partial charge is 0.294 e. The Morgan fingerprint density at radius 2 is 1.55 bits per heavy atom. The summed E-state index contributed by atoms with van der Waals surface area (Å²) in [6.45, 7) is 19.2. The zero-order valence-electron chi connectivity index (χ0n) is 37.9. The van der Waals surface area contributed by atoms with Crippen LogP contribution in [0, 0.1) is 6.92 Å². The number of halogens is 1. The molecule has 0 radical (unpaired) electrons. The topological polar surface area (TPSA) is 124 Å². The maximum absolute atomic E-state index is 14.8. The summed E-state index contributed by atoms with van der Waals surface area (Å²) >= 11 is 7.80. The number of carbonyl (C=O) groups excluding carboxylic acids is 2. The van der Waals surface area contributed by atoms with Gasteiger partial charge >= 0.3 is 0 Å². The Hall–Kier alpha value is -5.98. The molecule has 1 aromatic heterocycles. The summed E-state index contributed by atoms with van der Waals surface area (Å²) in [5.74, 6) is 0.412. The Morgan fingerprint density at radius 3 is 2.25 bits per heavy atom. The van der Waals surface area contributed by atoms with Crippen LogP contribution in [-0.4, -0.2) is 49.9 Å². The summed E-state index contributed by atoms with van der Waals surface area (Å²) < 4.78 is 15.1. The van der Waals surface area contributed by atoms with Crippen molar-refractivity contribution in [3.8, 4) is 17.2 Å². The predicted octanol–water partition coefficient (Wildman–Crippen LogP) is 11.8. The van der Waals surface area contributed by atoms with Crippen molar-refractivity contribution in [1.29, 1.82) is 0 Å². The van der Waals surface area contributed by atoms with E-state index in [1.54, 1.807) is 41.1 Å². The zero-order chi connectivity index (χ0) is 45.8. The number of hydrogen-bond acceptors (Lipinski definition) is 9. The number of nitrogens with one attached hydrogen (secondary N) is 1. The van der Waals surface area contributed by atoms with Crippen molar-refractivity contribution >= 4 is 52.3 Å². The Morgan fingerprint density at radius 1 is 0.859 bits per heavy atom. The van der Waals surface area contributed by atoms with Crippen LogP contribution in [0.25, 0.3) is 5.69 Å². The second-order valence-electron chi connectivity index (χ2n) is 17.4. The molecule has 13 heteroatoms. The molecule has 1 aliphatic heterocycles. The van der Waals surface area contributed by atoms with E-state index in [0.717, 1.165) is 35.2 Å². The van der Waals surface area contributed by atoms with Gasteiger partial charge in [0, 0.05) is 27.0 Å². The maximum atomic E-state index is 14.8. The summed E-state index contributed by atoms with van der Waals surface area (Å²) in [7, 11) is 0. The first-order chi connectivity index (χ1) is 30.6. The maximum Gasteiger partial charge on any atom is 0.294 e.